The number of phenols is 2. The Hall–Kier alpha value is -4.72. The van der Waals surface area contributed by atoms with Crippen LogP contribution in [-0.2, 0) is 37.3 Å². The van der Waals surface area contributed by atoms with Crippen LogP contribution < -0.4 is 9.47 Å². The van der Waals surface area contributed by atoms with E-state index in [-0.39, 0.29) is 23.3 Å². The Bertz CT molecular complexity index is 1780. The van der Waals surface area contributed by atoms with Gasteiger partial charge in [-0.2, -0.15) is 0 Å². The van der Waals surface area contributed by atoms with Crippen molar-refractivity contribution in [1.82, 2.24) is 0 Å². The number of phenolic OH excluding ortho intramolecular Hbond substituents is 2. The van der Waals surface area contributed by atoms with E-state index in [2.05, 4.69) is 30.3 Å². The van der Waals surface area contributed by atoms with Crippen molar-refractivity contribution in [3.63, 3.8) is 0 Å². The smallest absolute Gasteiger partial charge is 0.302 e. The van der Waals surface area contributed by atoms with E-state index in [4.69, 9.17) is 18.9 Å². The van der Waals surface area contributed by atoms with Gasteiger partial charge in [-0.05, 0) is 88.9 Å². The fraction of sp³-hybridized carbons (Fsp3) is 0.368. The molecule has 46 heavy (non-hydrogen) atoms. The van der Waals surface area contributed by atoms with Gasteiger partial charge in [0.25, 0.3) is 0 Å². The molecule has 0 bridgehead atoms. The van der Waals surface area contributed by atoms with Gasteiger partial charge in [0.15, 0.2) is 23.0 Å². The number of aromatic hydroxyl groups is 2. The minimum Gasteiger partial charge on any atom is -0.504 e. The number of benzene rings is 4. The first-order chi connectivity index (χ1) is 22.1. The van der Waals surface area contributed by atoms with Crippen molar-refractivity contribution >= 4 is 22.7 Å². The lowest BCUT2D eigenvalue weighted by Gasteiger charge is -2.52. The highest BCUT2D eigenvalue weighted by molar-refractivity contribution is 5.83. The molecule has 0 unspecified atom stereocenters. The molecule has 2 N–H and O–H groups in total. The van der Waals surface area contributed by atoms with E-state index in [9.17, 15) is 19.8 Å². The van der Waals surface area contributed by atoms with E-state index in [1.54, 1.807) is 12.1 Å². The van der Waals surface area contributed by atoms with Crippen LogP contribution in [0.3, 0.4) is 0 Å². The summed E-state index contributed by atoms with van der Waals surface area (Å²) in [6, 6.07) is 23.8. The maximum Gasteiger partial charge on any atom is 0.302 e. The van der Waals surface area contributed by atoms with Gasteiger partial charge in [0.2, 0.25) is 0 Å². The monoisotopic (exact) mass is 624 g/mol. The quantitative estimate of drug-likeness (QED) is 0.227. The van der Waals surface area contributed by atoms with E-state index >= 15 is 0 Å². The molecule has 1 fully saturated rings. The molecule has 240 valence electrons. The molecule has 4 aromatic carbocycles. The Balaban J connectivity index is 1.60. The number of ether oxygens (including phenoxy) is 4. The Morgan fingerprint density at radius 2 is 1.48 bits per heavy atom. The van der Waals surface area contributed by atoms with Crippen LogP contribution in [-0.4, -0.2) is 48.6 Å². The number of hydrogen-bond donors (Lipinski definition) is 2. The van der Waals surface area contributed by atoms with Gasteiger partial charge < -0.3 is 29.2 Å². The first-order valence-corrected chi connectivity index (χ1v) is 15.7. The lowest BCUT2D eigenvalue weighted by atomic mass is 9.54. The van der Waals surface area contributed by atoms with E-state index in [1.165, 1.54) is 28.1 Å². The van der Waals surface area contributed by atoms with Crippen LogP contribution in [0.4, 0.5) is 0 Å². The molecular formula is C38H40O8. The van der Waals surface area contributed by atoms with Crippen molar-refractivity contribution in [3.8, 4) is 23.0 Å². The lowest BCUT2D eigenvalue weighted by molar-refractivity contribution is -0.159. The van der Waals surface area contributed by atoms with Gasteiger partial charge in [0, 0.05) is 31.6 Å². The molecule has 8 nitrogen and oxygen atoms in total. The van der Waals surface area contributed by atoms with Gasteiger partial charge >= 0.3 is 11.9 Å². The van der Waals surface area contributed by atoms with Crippen molar-refractivity contribution in [3.05, 3.63) is 95.1 Å². The standard InChI is InChI=1S/C38H40O8/c1-22(39)45-31-14-28(26-10-12-33(41)36(17-26)43-3)20-38(30-11-9-24-7-5-6-8-25(24)13-30)21-29-16-34(42)37(44-4)18-27(29)15-32(38)35(19-31)46-23(2)40/h5-13,16-18,28,31-32,35,41-42H,14-15,19-21H2,1-4H3/t28-,31-,32+,35-,38+/m1/s1. The van der Waals surface area contributed by atoms with E-state index in [0.29, 0.717) is 43.6 Å². The number of hydrogen-bond acceptors (Lipinski definition) is 8. The van der Waals surface area contributed by atoms with Gasteiger partial charge in [-0.25, -0.2) is 0 Å². The second kappa shape index (κ2) is 12.6. The van der Waals surface area contributed by atoms with Gasteiger partial charge in [-0.1, -0.05) is 48.5 Å². The Kier molecular flexibility index (Phi) is 8.55. The van der Waals surface area contributed by atoms with Gasteiger partial charge in [0.05, 0.1) is 14.2 Å². The van der Waals surface area contributed by atoms with Crippen molar-refractivity contribution in [2.45, 2.75) is 69.5 Å². The van der Waals surface area contributed by atoms with Crippen molar-refractivity contribution in [1.29, 1.82) is 0 Å². The molecule has 8 heteroatoms. The Morgan fingerprint density at radius 3 is 2.20 bits per heavy atom. The summed E-state index contributed by atoms with van der Waals surface area (Å²) in [5, 5.41) is 23.5. The predicted octanol–water partition coefficient (Wildman–Crippen LogP) is 6.75. The van der Waals surface area contributed by atoms with Crippen LogP contribution in [0.1, 0.15) is 61.3 Å². The highest BCUT2D eigenvalue weighted by Crippen LogP contribution is 2.55. The highest BCUT2D eigenvalue weighted by atomic mass is 16.6. The molecule has 2 aliphatic rings. The highest BCUT2D eigenvalue weighted by Gasteiger charge is 2.52. The second-order valence-electron chi connectivity index (χ2n) is 12.7. The molecule has 0 saturated heterocycles. The summed E-state index contributed by atoms with van der Waals surface area (Å²) < 4.78 is 23.1. The molecule has 0 aromatic heterocycles. The topological polar surface area (TPSA) is 112 Å². The van der Waals surface area contributed by atoms with E-state index < -0.39 is 29.6 Å². The van der Waals surface area contributed by atoms with Crippen LogP contribution in [0.2, 0.25) is 0 Å². The number of methoxy groups -OCH3 is 2. The zero-order valence-electron chi connectivity index (χ0n) is 26.6. The van der Waals surface area contributed by atoms with Gasteiger partial charge in [-0.15, -0.1) is 0 Å². The number of esters is 2. The summed E-state index contributed by atoms with van der Waals surface area (Å²) in [7, 11) is 3.05. The predicted molar refractivity (Wildman–Crippen MR) is 174 cm³/mol. The molecule has 5 atom stereocenters. The zero-order valence-corrected chi connectivity index (χ0v) is 26.6. The minimum atomic E-state index is -0.560. The first kappa shape index (κ1) is 31.3. The van der Waals surface area contributed by atoms with E-state index in [1.807, 2.05) is 30.3 Å². The fourth-order valence-corrected chi connectivity index (χ4v) is 7.96. The fourth-order valence-electron chi connectivity index (χ4n) is 7.96. The second-order valence-corrected chi connectivity index (χ2v) is 12.7. The maximum absolute atomic E-state index is 12.7. The SMILES string of the molecule is COc1cc([C@@H]2C[C@@H](OC(C)=O)C[C@@H](OC(C)=O)[C@@H]3Cc4cc(OC)c(O)cc4C[C@]3(c3ccc4ccccc4c3)C2)ccc1O. The van der Waals surface area contributed by atoms with Crippen LogP contribution in [0.15, 0.2) is 72.8 Å². The average Bonchev–Trinajstić information content (AvgIpc) is 3.02. The molecule has 0 radical (unpaired) electrons. The summed E-state index contributed by atoms with van der Waals surface area (Å²) >= 11 is 0. The third-order valence-corrected chi connectivity index (χ3v) is 9.91. The molecule has 0 amide bonds. The third-order valence-electron chi connectivity index (χ3n) is 9.91. The largest absolute Gasteiger partial charge is 0.504 e. The van der Waals surface area contributed by atoms with Gasteiger partial charge in [-0.3, -0.25) is 9.59 Å². The number of fused-ring (bicyclic) bond motifs is 3. The Labute approximate surface area is 268 Å². The van der Waals surface area contributed by atoms with Crippen LogP contribution in [0, 0.1) is 5.92 Å². The first-order valence-electron chi connectivity index (χ1n) is 15.7. The number of carbonyl (C=O) groups excluding carboxylic acids is 2. The Morgan fingerprint density at radius 1 is 0.761 bits per heavy atom. The van der Waals surface area contributed by atoms with Crippen LogP contribution in [0.25, 0.3) is 10.8 Å². The summed E-state index contributed by atoms with van der Waals surface area (Å²) in [4.78, 5) is 25.1. The number of carbonyl (C=O) groups is 2. The molecule has 0 aliphatic heterocycles. The summed E-state index contributed by atoms with van der Waals surface area (Å²) in [5.74, 6) is -0.258. The molecule has 0 spiro atoms. The summed E-state index contributed by atoms with van der Waals surface area (Å²) in [5.41, 5.74) is 3.51. The van der Waals surface area contributed by atoms with Crippen LogP contribution in [0.5, 0.6) is 23.0 Å². The van der Waals surface area contributed by atoms with Crippen molar-refractivity contribution < 1.29 is 38.7 Å². The molecular weight excluding hydrogens is 584 g/mol. The van der Waals surface area contributed by atoms with Crippen molar-refractivity contribution in [2.24, 2.45) is 5.92 Å². The molecule has 2 aliphatic carbocycles. The lowest BCUT2D eigenvalue weighted by Crippen LogP contribution is -2.52. The minimum absolute atomic E-state index is 0.0432. The summed E-state index contributed by atoms with van der Waals surface area (Å²) in [6.07, 6.45) is 1.48. The molecule has 4 aromatic rings. The average molecular weight is 625 g/mol. The van der Waals surface area contributed by atoms with Crippen LogP contribution >= 0.6 is 0 Å². The maximum atomic E-state index is 12.7. The molecule has 1 saturated carbocycles. The van der Waals surface area contributed by atoms with Gasteiger partial charge in [0.1, 0.15) is 12.2 Å². The number of rotatable bonds is 6. The molecule has 6 rings (SSSR count). The summed E-state index contributed by atoms with van der Waals surface area (Å²) in [6.45, 7) is 2.81. The third kappa shape index (κ3) is 5.96. The van der Waals surface area contributed by atoms with E-state index in [0.717, 1.165) is 33.0 Å². The zero-order chi connectivity index (χ0) is 32.6. The molecule has 0 heterocycles. The normalized spacial score (nSPS) is 24.1. The van der Waals surface area contributed by atoms with Crippen molar-refractivity contribution in [2.75, 3.05) is 14.2 Å².